The van der Waals surface area contributed by atoms with Crippen molar-refractivity contribution in [2.24, 2.45) is 0 Å². The molecule has 0 bridgehead atoms. The minimum Gasteiger partial charge on any atom is -0.478 e. The van der Waals surface area contributed by atoms with Crippen LogP contribution in [0.2, 0.25) is 0 Å². The summed E-state index contributed by atoms with van der Waals surface area (Å²) in [5.74, 6) is -0.311. The minimum atomic E-state index is -1.12. The first kappa shape index (κ1) is 23.2. The predicted octanol–water partition coefficient (Wildman–Crippen LogP) is 4.77. The van der Waals surface area contributed by atoms with Crippen molar-refractivity contribution >= 4 is 11.7 Å². The highest BCUT2D eigenvalue weighted by atomic mass is 16.5. The molecular formula is C23H30N4O3. The molecule has 7 heteroatoms. The standard InChI is InChI=1S/C23H30N4O3/c1-15-8-10-18(11-9-15)30-20-17(14-24)12-16(21(28)29)13-19(20)27(25-22(2,3)4)26-23(5,6)7/h8-13,25-26H,1-7H3,(H,28,29). The molecule has 3 N–H and O–H groups in total. The molecule has 0 aromatic heterocycles. The van der Waals surface area contributed by atoms with Gasteiger partial charge in [0.2, 0.25) is 0 Å². The number of nitrogens with zero attached hydrogens (tertiary/aromatic N) is 2. The molecule has 0 aliphatic carbocycles. The molecule has 0 atom stereocenters. The second kappa shape index (κ2) is 8.74. The number of carboxylic acids is 1. The van der Waals surface area contributed by atoms with Crippen molar-refractivity contribution in [1.82, 2.24) is 10.9 Å². The molecule has 0 aliphatic heterocycles. The summed E-state index contributed by atoms with van der Waals surface area (Å²) in [6, 6.07) is 12.3. The number of carboxylic acid groups (broad SMARTS) is 1. The lowest BCUT2D eigenvalue weighted by Gasteiger charge is -2.38. The maximum atomic E-state index is 11.7. The van der Waals surface area contributed by atoms with Crippen LogP contribution >= 0.6 is 0 Å². The van der Waals surface area contributed by atoms with Gasteiger partial charge in [0.05, 0.1) is 11.1 Å². The van der Waals surface area contributed by atoms with E-state index in [0.717, 1.165) is 5.56 Å². The normalized spacial score (nSPS) is 11.7. The topological polar surface area (TPSA) is 97.6 Å². The molecule has 0 fully saturated rings. The zero-order valence-corrected chi connectivity index (χ0v) is 18.6. The second-order valence-electron chi connectivity index (χ2n) is 9.26. The molecule has 0 saturated carbocycles. The van der Waals surface area contributed by atoms with E-state index in [2.05, 4.69) is 16.9 Å². The van der Waals surface area contributed by atoms with E-state index in [1.54, 1.807) is 5.12 Å². The lowest BCUT2D eigenvalue weighted by atomic mass is 10.1. The Labute approximate surface area is 178 Å². The average molecular weight is 411 g/mol. The first-order valence-corrected chi connectivity index (χ1v) is 9.71. The van der Waals surface area contributed by atoms with Crippen molar-refractivity contribution in [1.29, 1.82) is 5.26 Å². The van der Waals surface area contributed by atoms with Crippen LogP contribution in [0.3, 0.4) is 0 Å². The molecule has 0 radical (unpaired) electrons. The summed E-state index contributed by atoms with van der Waals surface area (Å²) < 4.78 is 6.09. The van der Waals surface area contributed by atoms with Gasteiger partial charge < -0.3 is 9.84 Å². The number of benzene rings is 2. The summed E-state index contributed by atoms with van der Waals surface area (Å²) in [5.41, 5.74) is 7.53. The van der Waals surface area contributed by atoms with Gasteiger partial charge in [-0.15, -0.1) is 0 Å². The van der Waals surface area contributed by atoms with Crippen molar-refractivity contribution in [3.63, 3.8) is 0 Å². The fourth-order valence-corrected chi connectivity index (χ4v) is 2.64. The highest BCUT2D eigenvalue weighted by molar-refractivity contribution is 5.91. The summed E-state index contributed by atoms with van der Waals surface area (Å²) in [6.07, 6.45) is 0. The van der Waals surface area contributed by atoms with Gasteiger partial charge in [0.25, 0.3) is 0 Å². The van der Waals surface area contributed by atoms with Gasteiger partial charge in [0.15, 0.2) is 5.75 Å². The number of carbonyl (C=O) groups is 1. The van der Waals surface area contributed by atoms with E-state index in [1.165, 1.54) is 12.1 Å². The number of nitriles is 1. The van der Waals surface area contributed by atoms with Crippen molar-refractivity contribution in [2.45, 2.75) is 59.5 Å². The predicted molar refractivity (Wildman–Crippen MR) is 118 cm³/mol. The van der Waals surface area contributed by atoms with E-state index >= 15 is 0 Å². The lowest BCUT2D eigenvalue weighted by Crippen LogP contribution is -2.61. The lowest BCUT2D eigenvalue weighted by molar-refractivity contribution is 0.0697. The van der Waals surface area contributed by atoms with Gasteiger partial charge in [-0.1, -0.05) is 17.7 Å². The van der Waals surface area contributed by atoms with E-state index in [4.69, 9.17) is 4.74 Å². The van der Waals surface area contributed by atoms with Crippen LogP contribution in [0.5, 0.6) is 11.5 Å². The minimum absolute atomic E-state index is 0.00535. The number of rotatable bonds is 6. The largest absolute Gasteiger partial charge is 0.478 e. The summed E-state index contributed by atoms with van der Waals surface area (Å²) >= 11 is 0. The molecular weight excluding hydrogens is 380 g/mol. The Morgan fingerprint density at radius 1 is 1.03 bits per heavy atom. The van der Waals surface area contributed by atoms with Gasteiger partial charge in [-0.05, 0) is 72.7 Å². The number of hydrazine groups is 2. The molecule has 2 rings (SSSR count). The molecule has 0 aliphatic rings. The molecule has 30 heavy (non-hydrogen) atoms. The number of aryl methyl sites for hydroxylation is 1. The third-order valence-corrected chi connectivity index (χ3v) is 3.81. The Kier molecular flexibility index (Phi) is 6.76. The molecule has 2 aromatic carbocycles. The Balaban J connectivity index is 2.70. The summed E-state index contributed by atoms with van der Waals surface area (Å²) in [6.45, 7) is 13.9. The molecule has 0 unspecified atom stereocenters. The number of hydrogen-bond acceptors (Lipinski definition) is 6. The summed E-state index contributed by atoms with van der Waals surface area (Å²) in [7, 11) is 0. The van der Waals surface area contributed by atoms with E-state index in [0.29, 0.717) is 11.4 Å². The molecule has 0 saturated heterocycles. The maximum absolute atomic E-state index is 11.7. The monoisotopic (exact) mass is 410 g/mol. The first-order valence-electron chi connectivity index (χ1n) is 9.71. The van der Waals surface area contributed by atoms with Crippen LogP contribution in [0.25, 0.3) is 0 Å². The van der Waals surface area contributed by atoms with Crippen molar-refractivity contribution in [3.05, 3.63) is 53.1 Å². The van der Waals surface area contributed by atoms with Gasteiger partial charge in [-0.3, -0.25) is 0 Å². The van der Waals surface area contributed by atoms with Gasteiger partial charge in [0.1, 0.15) is 17.5 Å². The molecule has 2 aromatic rings. The molecule has 0 amide bonds. The van der Waals surface area contributed by atoms with Crippen LogP contribution in [-0.2, 0) is 0 Å². The molecule has 7 nitrogen and oxygen atoms in total. The third kappa shape index (κ3) is 6.48. The van der Waals surface area contributed by atoms with Gasteiger partial charge >= 0.3 is 5.97 Å². The van der Waals surface area contributed by atoms with Crippen LogP contribution in [0.15, 0.2) is 36.4 Å². The van der Waals surface area contributed by atoms with Gasteiger partial charge in [0, 0.05) is 11.1 Å². The zero-order chi connectivity index (χ0) is 22.7. The number of ether oxygens (including phenoxy) is 1. The van der Waals surface area contributed by atoms with Crippen LogP contribution in [-0.4, -0.2) is 22.2 Å². The Morgan fingerprint density at radius 2 is 1.57 bits per heavy atom. The van der Waals surface area contributed by atoms with Crippen LogP contribution in [0.4, 0.5) is 5.69 Å². The van der Waals surface area contributed by atoms with Crippen LogP contribution in [0, 0.1) is 18.3 Å². The number of anilines is 1. The van der Waals surface area contributed by atoms with Crippen molar-refractivity contribution < 1.29 is 14.6 Å². The summed E-state index contributed by atoms with van der Waals surface area (Å²) in [5, 5.41) is 20.9. The Morgan fingerprint density at radius 3 is 2.00 bits per heavy atom. The first-order chi connectivity index (χ1) is 13.8. The fourth-order valence-electron chi connectivity index (χ4n) is 2.64. The maximum Gasteiger partial charge on any atom is 0.335 e. The van der Waals surface area contributed by atoms with Crippen LogP contribution < -0.4 is 20.7 Å². The van der Waals surface area contributed by atoms with Gasteiger partial charge in [-0.2, -0.15) is 5.26 Å². The fraction of sp³-hybridized carbons (Fsp3) is 0.391. The average Bonchev–Trinajstić information content (AvgIpc) is 2.60. The molecule has 160 valence electrons. The van der Waals surface area contributed by atoms with Crippen LogP contribution in [0.1, 0.15) is 63.0 Å². The van der Waals surface area contributed by atoms with Gasteiger partial charge in [-0.25, -0.2) is 20.8 Å². The SMILES string of the molecule is Cc1ccc(Oc2c(C#N)cc(C(=O)O)cc2N(NC(C)(C)C)NC(C)(C)C)cc1. The molecule has 0 heterocycles. The van der Waals surface area contributed by atoms with Crippen molar-refractivity contribution in [3.8, 4) is 17.6 Å². The third-order valence-electron chi connectivity index (χ3n) is 3.81. The zero-order valence-electron chi connectivity index (χ0n) is 18.6. The molecule has 0 spiro atoms. The number of nitrogens with one attached hydrogen (secondary N) is 2. The Hall–Kier alpha value is -3.08. The highest BCUT2D eigenvalue weighted by Crippen LogP contribution is 2.37. The van der Waals surface area contributed by atoms with E-state index in [9.17, 15) is 15.2 Å². The smallest absolute Gasteiger partial charge is 0.335 e. The van der Waals surface area contributed by atoms with E-state index < -0.39 is 5.97 Å². The highest BCUT2D eigenvalue weighted by Gasteiger charge is 2.27. The second-order valence-corrected chi connectivity index (χ2v) is 9.26. The summed E-state index contributed by atoms with van der Waals surface area (Å²) in [4.78, 5) is 11.7. The number of aromatic carboxylic acids is 1. The Bertz CT molecular complexity index is 933. The quantitative estimate of drug-likeness (QED) is 0.590. The van der Waals surface area contributed by atoms with Crippen molar-refractivity contribution in [2.75, 3.05) is 5.12 Å². The van der Waals surface area contributed by atoms with E-state index in [1.807, 2.05) is 72.7 Å². The van der Waals surface area contributed by atoms with E-state index in [-0.39, 0.29) is 28.0 Å². The number of hydrogen-bond donors (Lipinski definition) is 3.